The number of nitrogens with zero attached hydrogens (tertiary/aromatic N) is 1. The van der Waals surface area contributed by atoms with Crippen molar-refractivity contribution in [3.05, 3.63) is 0 Å². The highest BCUT2D eigenvalue weighted by Crippen LogP contribution is 2.10. The van der Waals surface area contributed by atoms with Gasteiger partial charge in [-0.2, -0.15) is 0 Å². The van der Waals surface area contributed by atoms with Crippen LogP contribution in [0.3, 0.4) is 0 Å². The molecule has 0 radical (unpaired) electrons. The number of carboxylic acids is 1. The van der Waals surface area contributed by atoms with Crippen LogP contribution in [-0.2, 0) is 24.0 Å². The molecule has 14 heteroatoms. The predicted molar refractivity (Wildman–Crippen MR) is 107 cm³/mol. The lowest BCUT2D eigenvalue weighted by Gasteiger charge is -2.23. The van der Waals surface area contributed by atoms with Crippen LogP contribution < -0.4 is 38.1 Å². The molecule has 2 bridgehead atoms. The van der Waals surface area contributed by atoms with Gasteiger partial charge in [-0.3, -0.25) is 29.0 Å². The number of guanidine groups is 1. The molecule has 0 aromatic heterocycles. The fourth-order valence-electron chi connectivity index (χ4n) is 3.31. The van der Waals surface area contributed by atoms with E-state index in [2.05, 4.69) is 31.6 Å². The number of nitrogens with two attached hydrogens (primary N) is 2. The zero-order valence-corrected chi connectivity index (χ0v) is 16.8. The van der Waals surface area contributed by atoms with Gasteiger partial charge in [-0.15, -0.1) is 0 Å². The number of fused-ring (bicyclic) bond motifs is 2. The van der Waals surface area contributed by atoms with Crippen LogP contribution in [0.4, 0.5) is 0 Å². The third-order valence-corrected chi connectivity index (χ3v) is 4.83. The first-order valence-corrected chi connectivity index (χ1v) is 9.84. The molecule has 2 heterocycles. The number of aliphatic imine (C=N–C) groups is 1. The first-order chi connectivity index (χ1) is 14.7. The van der Waals surface area contributed by atoms with Crippen LogP contribution in [0.1, 0.15) is 25.7 Å². The van der Waals surface area contributed by atoms with Crippen molar-refractivity contribution in [2.75, 3.05) is 19.6 Å². The molecule has 172 valence electrons. The lowest BCUT2D eigenvalue weighted by atomic mass is 10.1. The first kappa shape index (κ1) is 23.9. The average molecular weight is 440 g/mol. The Balaban J connectivity index is 2.13. The summed E-state index contributed by atoms with van der Waals surface area (Å²) in [7, 11) is 0. The van der Waals surface area contributed by atoms with Crippen LogP contribution in [0, 0.1) is 0 Å². The Morgan fingerprint density at radius 3 is 2.45 bits per heavy atom. The normalized spacial score (nSPS) is 27.2. The van der Waals surface area contributed by atoms with E-state index in [1.165, 1.54) is 0 Å². The summed E-state index contributed by atoms with van der Waals surface area (Å²) in [4.78, 5) is 64.6. The Bertz CT molecular complexity index is 753. The first-order valence-electron chi connectivity index (χ1n) is 9.84. The number of amides is 4. The van der Waals surface area contributed by atoms with Gasteiger partial charge in [0, 0.05) is 19.1 Å². The van der Waals surface area contributed by atoms with Crippen LogP contribution >= 0.6 is 0 Å². The zero-order valence-electron chi connectivity index (χ0n) is 16.8. The molecule has 31 heavy (non-hydrogen) atoms. The van der Waals surface area contributed by atoms with Gasteiger partial charge in [-0.05, 0) is 19.3 Å². The molecule has 0 saturated carbocycles. The number of hydrogen-bond acceptors (Lipinski definition) is 7. The fraction of sp³-hybridized carbons (Fsp3) is 0.647. The Hall–Kier alpha value is -3.42. The summed E-state index contributed by atoms with van der Waals surface area (Å²) in [6.45, 7) is 0.0433. The summed E-state index contributed by atoms with van der Waals surface area (Å²) in [5.74, 6) is -3.80. The van der Waals surface area contributed by atoms with Gasteiger partial charge >= 0.3 is 5.97 Å². The van der Waals surface area contributed by atoms with E-state index in [1.54, 1.807) is 0 Å². The lowest BCUT2D eigenvalue weighted by molar-refractivity contribution is -0.141. The van der Waals surface area contributed by atoms with Crippen LogP contribution in [0.25, 0.3) is 0 Å². The molecule has 4 atom stereocenters. The Labute approximate surface area is 177 Å². The van der Waals surface area contributed by atoms with Gasteiger partial charge in [0.15, 0.2) is 5.96 Å². The van der Waals surface area contributed by atoms with Gasteiger partial charge < -0.3 is 43.2 Å². The quantitative estimate of drug-likeness (QED) is 0.113. The predicted octanol–water partition coefficient (Wildman–Crippen LogP) is -4.54. The number of aliphatic carboxylic acids is 1. The van der Waals surface area contributed by atoms with Gasteiger partial charge in [-0.25, -0.2) is 0 Å². The standard InChI is InChI=1S/C17H28N8O6/c18-17(19)20-3-1-2-9-14(29)22-7-12(26)24-11(5-13(27)28)16(31)23-8-4-10(21-6-8)15(30)25-9/h8-11,21H,1-7H2,(H,22,29)(H,23,31)(H,24,26)(H,25,30)(H,27,28)(H4,18,19,20)/t8-,9?,10-,11-/m0/s1. The van der Waals surface area contributed by atoms with Crippen molar-refractivity contribution in [1.29, 1.82) is 0 Å². The summed E-state index contributed by atoms with van der Waals surface area (Å²) < 4.78 is 0. The zero-order chi connectivity index (χ0) is 23.0. The molecule has 4 amide bonds. The van der Waals surface area contributed by atoms with Gasteiger partial charge in [0.2, 0.25) is 23.6 Å². The van der Waals surface area contributed by atoms with E-state index in [-0.39, 0.29) is 31.9 Å². The summed E-state index contributed by atoms with van der Waals surface area (Å²) in [5.41, 5.74) is 10.5. The number of rotatable bonds is 6. The molecule has 0 spiro atoms. The van der Waals surface area contributed by atoms with E-state index >= 15 is 0 Å². The lowest BCUT2D eigenvalue weighted by Crippen LogP contribution is -2.55. The average Bonchev–Trinajstić information content (AvgIpc) is 3.15. The van der Waals surface area contributed by atoms with Crippen molar-refractivity contribution in [3.8, 4) is 0 Å². The number of carbonyl (C=O) groups excluding carboxylic acids is 4. The highest BCUT2D eigenvalue weighted by molar-refractivity contribution is 5.94. The van der Waals surface area contributed by atoms with E-state index in [4.69, 9.17) is 16.6 Å². The third-order valence-electron chi connectivity index (χ3n) is 4.83. The summed E-state index contributed by atoms with van der Waals surface area (Å²) in [6.07, 6.45) is 0.251. The number of carboxylic acid groups (broad SMARTS) is 1. The monoisotopic (exact) mass is 440 g/mol. The van der Waals surface area contributed by atoms with Crippen LogP contribution in [-0.4, -0.2) is 84.5 Å². The summed E-state index contributed by atoms with van der Waals surface area (Å²) in [5, 5.41) is 22.0. The van der Waals surface area contributed by atoms with Crippen molar-refractivity contribution in [2.24, 2.45) is 16.5 Å². The topological polar surface area (TPSA) is 230 Å². The molecule has 14 nitrogen and oxygen atoms in total. The van der Waals surface area contributed by atoms with E-state index in [0.717, 1.165) is 0 Å². The highest BCUT2D eigenvalue weighted by atomic mass is 16.4. The van der Waals surface area contributed by atoms with Crippen molar-refractivity contribution < 1.29 is 29.1 Å². The molecule has 10 N–H and O–H groups in total. The maximum atomic E-state index is 12.6. The number of hydrogen-bond donors (Lipinski definition) is 8. The second kappa shape index (κ2) is 11.1. The van der Waals surface area contributed by atoms with Crippen LogP contribution in [0.5, 0.6) is 0 Å². The minimum absolute atomic E-state index is 0.0877. The fourth-order valence-corrected chi connectivity index (χ4v) is 3.31. The van der Waals surface area contributed by atoms with Gasteiger partial charge in [0.25, 0.3) is 0 Å². The molecule has 2 rings (SSSR count). The highest BCUT2D eigenvalue weighted by Gasteiger charge is 2.34. The molecule has 2 fully saturated rings. The summed E-state index contributed by atoms with van der Waals surface area (Å²) >= 11 is 0. The van der Waals surface area contributed by atoms with Crippen molar-refractivity contribution >= 4 is 35.6 Å². The molecular weight excluding hydrogens is 412 g/mol. The van der Waals surface area contributed by atoms with Crippen LogP contribution in [0.2, 0.25) is 0 Å². The SMILES string of the molecule is NC(N)=NCCCC1NC(=O)[C@@H]2C[C@@H](CN2)NC(=O)[C@H](CC(=O)O)NC(=O)CNC1=O. The molecular formula is C17H28N8O6. The van der Waals surface area contributed by atoms with Gasteiger partial charge in [-0.1, -0.05) is 0 Å². The van der Waals surface area contributed by atoms with E-state index in [9.17, 15) is 24.0 Å². The third kappa shape index (κ3) is 7.73. The molecule has 0 aromatic carbocycles. The smallest absolute Gasteiger partial charge is 0.305 e. The van der Waals surface area contributed by atoms with E-state index < -0.39 is 66.7 Å². The molecule has 1 unspecified atom stereocenters. The largest absolute Gasteiger partial charge is 0.481 e. The second-order valence-electron chi connectivity index (χ2n) is 7.35. The van der Waals surface area contributed by atoms with E-state index in [0.29, 0.717) is 6.42 Å². The van der Waals surface area contributed by atoms with Crippen molar-refractivity contribution in [2.45, 2.75) is 49.9 Å². The molecule has 2 aliphatic rings. The maximum absolute atomic E-state index is 12.6. The molecule has 0 aliphatic carbocycles. The van der Waals surface area contributed by atoms with Crippen molar-refractivity contribution in [1.82, 2.24) is 26.6 Å². The molecule has 2 saturated heterocycles. The van der Waals surface area contributed by atoms with E-state index in [1.807, 2.05) is 0 Å². The Morgan fingerprint density at radius 1 is 1.03 bits per heavy atom. The molecule has 2 aliphatic heterocycles. The number of nitrogens with one attached hydrogen (secondary N) is 5. The Kier molecular flexibility index (Phi) is 8.54. The minimum Gasteiger partial charge on any atom is -0.481 e. The van der Waals surface area contributed by atoms with Gasteiger partial charge in [0.1, 0.15) is 12.1 Å². The molecule has 0 aromatic rings. The maximum Gasteiger partial charge on any atom is 0.305 e. The minimum atomic E-state index is -1.31. The number of carbonyl (C=O) groups is 5. The van der Waals surface area contributed by atoms with Crippen molar-refractivity contribution in [3.63, 3.8) is 0 Å². The second-order valence-corrected chi connectivity index (χ2v) is 7.35. The Morgan fingerprint density at radius 2 is 1.77 bits per heavy atom. The van der Waals surface area contributed by atoms with Crippen LogP contribution in [0.15, 0.2) is 4.99 Å². The van der Waals surface area contributed by atoms with Gasteiger partial charge in [0.05, 0.1) is 19.0 Å². The summed E-state index contributed by atoms with van der Waals surface area (Å²) in [6, 6.07) is -3.32.